The van der Waals surface area contributed by atoms with Crippen molar-refractivity contribution in [2.75, 3.05) is 5.73 Å². The Kier molecular flexibility index (Phi) is 3.71. The SMILES string of the molecule is N#Cc1cc(-c2cncc3cc(C=C4SC(=O)NC4=O)oc23)ccc1N. The van der Waals surface area contributed by atoms with Crippen molar-refractivity contribution < 1.29 is 14.0 Å². The van der Waals surface area contributed by atoms with E-state index in [9.17, 15) is 9.59 Å². The number of carbonyl (C=O) groups is 2. The molecule has 2 aromatic heterocycles. The third kappa shape index (κ3) is 2.70. The lowest BCUT2D eigenvalue weighted by atomic mass is 10.0. The van der Waals surface area contributed by atoms with Crippen LogP contribution in [0.3, 0.4) is 0 Å². The van der Waals surface area contributed by atoms with E-state index in [-0.39, 0.29) is 4.91 Å². The molecule has 1 saturated heterocycles. The third-order valence-corrected chi connectivity index (χ3v) is 4.65. The summed E-state index contributed by atoms with van der Waals surface area (Å²) in [5.74, 6) is -0.0199. The van der Waals surface area contributed by atoms with E-state index in [1.807, 2.05) is 0 Å². The number of thioether (sulfide) groups is 1. The second-order valence-corrected chi connectivity index (χ2v) is 6.53. The van der Waals surface area contributed by atoms with Crippen molar-refractivity contribution in [2.45, 2.75) is 0 Å². The first-order valence-electron chi connectivity index (χ1n) is 7.47. The van der Waals surface area contributed by atoms with Gasteiger partial charge in [-0.2, -0.15) is 5.26 Å². The van der Waals surface area contributed by atoms with Crippen molar-refractivity contribution in [3.05, 3.63) is 52.9 Å². The monoisotopic (exact) mass is 362 g/mol. The number of aromatic nitrogens is 1. The van der Waals surface area contributed by atoms with Crippen molar-refractivity contribution in [3.8, 4) is 17.2 Å². The summed E-state index contributed by atoms with van der Waals surface area (Å²) in [7, 11) is 0. The molecule has 3 aromatic rings. The fourth-order valence-corrected chi connectivity index (χ4v) is 3.29. The van der Waals surface area contributed by atoms with E-state index in [0.29, 0.717) is 28.2 Å². The molecule has 0 atom stereocenters. The first-order chi connectivity index (χ1) is 12.5. The van der Waals surface area contributed by atoms with Crippen LogP contribution in [0.15, 0.2) is 46.0 Å². The van der Waals surface area contributed by atoms with Gasteiger partial charge in [-0.15, -0.1) is 0 Å². The van der Waals surface area contributed by atoms with E-state index < -0.39 is 11.1 Å². The van der Waals surface area contributed by atoms with Crippen molar-refractivity contribution in [2.24, 2.45) is 0 Å². The van der Waals surface area contributed by atoms with Gasteiger partial charge in [0.25, 0.3) is 11.1 Å². The molecule has 0 radical (unpaired) electrons. The molecule has 3 heterocycles. The lowest BCUT2D eigenvalue weighted by molar-refractivity contribution is -0.115. The summed E-state index contributed by atoms with van der Waals surface area (Å²) in [6.45, 7) is 0. The number of benzene rings is 1. The van der Waals surface area contributed by atoms with Gasteiger partial charge in [-0.25, -0.2) is 0 Å². The van der Waals surface area contributed by atoms with Crippen LogP contribution in [0.2, 0.25) is 0 Å². The Labute approximate surface area is 151 Å². The summed E-state index contributed by atoms with van der Waals surface area (Å²) in [5.41, 5.74) is 8.54. The lowest BCUT2D eigenvalue weighted by Gasteiger charge is -2.04. The number of amides is 2. The number of carbonyl (C=O) groups excluding carboxylic acids is 2. The second kappa shape index (κ2) is 6.06. The van der Waals surface area contributed by atoms with Gasteiger partial charge in [0.05, 0.1) is 10.5 Å². The van der Waals surface area contributed by atoms with Crippen LogP contribution in [0.4, 0.5) is 10.5 Å². The van der Waals surface area contributed by atoms with Crippen LogP contribution in [0, 0.1) is 11.3 Å². The number of pyridine rings is 1. The van der Waals surface area contributed by atoms with Gasteiger partial charge in [-0.1, -0.05) is 6.07 Å². The van der Waals surface area contributed by atoms with Gasteiger partial charge in [0.15, 0.2) is 0 Å². The highest BCUT2D eigenvalue weighted by atomic mass is 32.2. The van der Waals surface area contributed by atoms with Gasteiger partial charge in [0, 0.05) is 35.1 Å². The average molecular weight is 362 g/mol. The number of hydrogen-bond donors (Lipinski definition) is 2. The van der Waals surface area contributed by atoms with Crippen LogP contribution < -0.4 is 11.1 Å². The van der Waals surface area contributed by atoms with E-state index in [2.05, 4.69) is 16.4 Å². The number of nitrogens with zero attached hydrogens (tertiary/aromatic N) is 2. The minimum absolute atomic E-state index is 0.266. The zero-order valence-corrected chi connectivity index (χ0v) is 14.0. The summed E-state index contributed by atoms with van der Waals surface area (Å²) in [6, 6.07) is 8.90. The summed E-state index contributed by atoms with van der Waals surface area (Å²) in [6.07, 6.45) is 4.79. The molecule has 8 heteroatoms. The van der Waals surface area contributed by atoms with E-state index in [1.165, 1.54) is 6.08 Å². The van der Waals surface area contributed by atoms with Gasteiger partial charge in [0.1, 0.15) is 17.4 Å². The molecule has 7 nitrogen and oxygen atoms in total. The van der Waals surface area contributed by atoms with E-state index in [4.69, 9.17) is 15.4 Å². The summed E-state index contributed by atoms with van der Waals surface area (Å²) in [5, 5.41) is 11.7. The highest BCUT2D eigenvalue weighted by Crippen LogP contribution is 2.33. The molecule has 2 amide bonds. The molecule has 0 bridgehead atoms. The first-order valence-corrected chi connectivity index (χ1v) is 8.29. The minimum atomic E-state index is -0.448. The van der Waals surface area contributed by atoms with Crippen molar-refractivity contribution in [1.82, 2.24) is 10.3 Å². The van der Waals surface area contributed by atoms with E-state index >= 15 is 0 Å². The molecule has 1 aliphatic rings. The molecule has 26 heavy (non-hydrogen) atoms. The number of rotatable bonds is 2. The number of hydrogen-bond acceptors (Lipinski definition) is 7. The second-order valence-electron chi connectivity index (χ2n) is 5.52. The van der Waals surface area contributed by atoms with E-state index in [0.717, 1.165) is 22.7 Å². The quantitative estimate of drug-likeness (QED) is 0.530. The van der Waals surface area contributed by atoms with Crippen molar-refractivity contribution in [3.63, 3.8) is 0 Å². The molecular weight excluding hydrogens is 352 g/mol. The maximum Gasteiger partial charge on any atom is 0.290 e. The number of nitrogen functional groups attached to an aromatic ring is 1. The van der Waals surface area contributed by atoms with Gasteiger partial charge in [0.2, 0.25) is 0 Å². The Morgan fingerprint density at radius 1 is 1.27 bits per heavy atom. The fourth-order valence-electron chi connectivity index (χ4n) is 2.63. The molecule has 1 aliphatic heterocycles. The van der Waals surface area contributed by atoms with Crippen LogP contribution >= 0.6 is 11.8 Å². The lowest BCUT2D eigenvalue weighted by Crippen LogP contribution is -2.17. The molecule has 4 rings (SSSR count). The highest BCUT2D eigenvalue weighted by molar-refractivity contribution is 8.18. The largest absolute Gasteiger partial charge is 0.456 e. The Hall–Kier alpha value is -3.57. The van der Waals surface area contributed by atoms with Crippen LogP contribution in [-0.4, -0.2) is 16.1 Å². The van der Waals surface area contributed by atoms with Gasteiger partial charge >= 0.3 is 0 Å². The van der Waals surface area contributed by atoms with Gasteiger partial charge in [-0.3, -0.25) is 19.9 Å². The van der Waals surface area contributed by atoms with Crippen LogP contribution in [0.5, 0.6) is 0 Å². The van der Waals surface area contributed by atoms with Gasteiger partial charge < -0.3 is 10.2 Å². The highest BCUT2D eigenvalue weighted by Gasteiger charge is 2.25. The molecule has 0 saturated carbocycles. The molecule has 0 aliphatic carbocycles. The number of furan rings is 1. The number of nitriles is 1. The molecule has 3 N–H and O–H groups in total. The predicted octanol–water partition coefficient (Wildman–Crippen LogP) is 3.27. The molecule has 0 unspecified atom stereocenters. The zero-order chi connectivity index (χ0) is 18.3. The summed E-state index contributed by atoms with van der Waals surface area (Å²) in [4.78, 5) is 27.4. The molecule has 1 fully saturated rings. The summed E-state index contributed by atoms with van der Waals surface area (Å²) < 4.78 is 5.87. The van der Waals surface area contributed by atoms with Crippen LogP contribution in [0.1, 0.15) is 11.3 Å². The number of nitrogens with two attached hydrogens (primary N) is 1. The van der Waals surface area contributed by atoms with Crippen LogP contribution in [0.25, 0.3) is 28.2 Å². The topological polar surface area (TPSA) is 122 Å². The van der Waals surface area contributed by atoms with Gasteiger partial charge in [-0.05, 0) is 35.5 Å². The standard InChI is InChI=1S/C18H10N4O3S/c19-6-10-3-9(1-2-14(10)20)13-8-21-7-11-4-12(25-16(11)13)5-15-17(23)22-18(24)26-15/h1-5,7-8H,20H2,(H,22,23,24). The molecule has 0 spiro atoms. The van der Waals surface area contributed by atoms with Crippen molar-refractivity contribution in [1.29, 1.82) is 5.26 Å². The maximum atomic E-state index is 11.7. The number of imide groups is 1. The van der Waals surface area contributed by atoms with E-state index in [1.54, 1.807) is 36.7 Å². The fraction of sp³-hybridized carbons (Fsp3) is 0. The Morgan fingerprint density at radius 2 is 2.12 bits per heavy atom. The maximum absolute atomic E-state index is 11.7. The average Bonchev–Trinajstić information content (AvgIpc) is 3.17. The van der Waals surface area contributed by atoms with Crippen LogP contribution in [-0.2, 0) is 4.79 Å². The van der Waals surface area contributed by atoms with Crippen molar-refractivity contribution >= 4 is 45.6 Å². The smallest absolute Gasteiger partial charge is 0.290 e. The minimum Gasteiger partial charge on any atom is -0.456 e. The third-order valence-electron chi connectivity index (χ3n) is 3.84. The Balaban J connectivity index is 1.82. The Morgan fingerprint density at radius 3 is 2.85 bits per heavy atom. The normalized spacial score (nSPS) is 15.4. The number of anilines is 1. The summed E-state index contributed by atoms with van der Waals surface area (Å²) >= 11 is 0.821. The first kappa shape index (κ1) is 15.9. The molecular formula is C18H10N4O3S. The Bertz CT molecular complexity index is 1160. The zero-order valence-electron chi connectivity index (χ0n) is 13.1. The predicted molar refractivity (Wildman–Crippen MR) is 97.7 cm³/mol. The number of fused-ring (bicyclic) bond motifs is 1. The molecule has 126 valence electrons. The number of nitrogens with one attached hydrogen (secondary N) is 1. The molecule has 1 aromatic carbocycles.